The molecular formula is C10H20N2S. The maximum Gasteiger partial charge on any atom is 0.0265 e. The molecule has 0 amide bonds. The van der Waals surface area contributed by atoms with Crippen LogP contribution in [0.1, 0.15) is 38.5 Å². The molecule has 3 heteroatoms. The lowest BCUT2D eigenvalue weighted by Gasteiger charge is -2.27. The Bertz CT molecular complexity index is 157. The molecule has 1 unspecified atom stereocenters. The van der Waals surface area contributed by atoms with Crippen LogP contribution in [0, 0.1) is 5.92 Å². The summed E-state index contributed by atoms with van der Waals surface area (Å²) >= 11 is 1.82. The third-order valence-corrected chi connectivity index (χ3v) is 4.12. The van der Waals surface area contributed by atoms with Gasteiger partial charge in [-0.2, -0.15) is 4.41 Å². The minimum Gasteiger partial charge on any atom is -0.242 e. The summed E-state index contributed by atoms with van der Waals surface area (Å²) in [6, 6.07) is 0.785. The van der Waals surface area contributed by atoms with Crippen molar-refractivity contribution in [3.63, 3.8) is 0 Å². The molecule has 1 N–H and O–H groups in total. The van der Waals surface area contributed by atoms with Crippen molar-refractivity contribution >= 4 is 11.9 Å². The summed E-state index contributed by atoms with van der Waals surface area (Å²) in [5.74, 6) is 0.964. The summed E-state index contributed by atoms with van der Waals surface area (Å²) in [6.07, 6.45) is 10.8. The zero-order valence-electron chi connectivity index (χ0n) is 8.46. The second-order valence-electron chi connectivity index (χ2n) is 4.21. The monoisotopic (exact) mass is 200 g/mol. The van der Waals surface area contributed by atoms with Gasteiger partial charge in [-0.05, 0) is 31.4 Å². The molecule has 2 aliphatic rings. The lowest BCUT2D eigenvalue weighted by atomic mass is 9.83. The minimum absolute atomic E-state index is 0.785. The van der Waals surface area contributed by atoms with Gasteiger partial charge in [-0.25, -0.2) is 5.43 Å². The first-order valence-electron chi connectivity index (χ1n) is 5.48. The first-order valence-corrected chi connectivity index (χ1v) is 6.66. The van der Waals surface area contributed by atoms with E-state index in [2.05, 4.69) is 16.1 Å². The minimum atomic E-state index is 0.785. The quantitative estimate of drug-likeness (QED) is 0.689. The standard InChI is InChI=1S/C10H20N2S/c1-13-12-8-7-10(11-12)9-5-3-2-4-6-9/h9-11H,2-8H2,1H3. The average molecular weight is 200 g/mol. The summed E-state index contributed by atoms with van der Waals surface area (Å²) in [5, 5.41) is 0. The molecule has 1 aliphatic heterocycles. The SMILES string of the molecule is CSN1CCC(C2CCCCC2)N1. The Balaban J connectivity index is 1.80. The van der Waals surface area contributed by atoms with E-state index in [9.17, 15) is 0 Å². The van der Waals surface area contributed by atoms with Crippen LogP contribution in [0.5, 0.6) is 0 Å². The lowest BCUT2D eigenvalue weighted by molar-refractivity contribution is 0.261. The lowest BCUT2D eigenvalue weighted by Crippen LogP contribution is -2.36. The van der Waals surface area contributed by atoms with Crippen LogP contribution >= 0.6 is 11.9 Å². The molecule has 0 aromatic rings. The van der Waals surface area contributed by atoms with Gasteiger partial charge in [-0.1, -0.05) is 31.2 Å². The molecule has 1 atom stereocenters. The van der Waals surface area contributed by atoms with Gasteiger partial charge in [0, 0.05) is 12.6 Å². The van der Waals surface area contributed by atoms with Crippen molar-refractivity contribution in [2.24, 2.45) is 5.92 Å². The molecule has 1 saturated heterocycles. The van der Waals surface area contributed by atoms with E-state index in [-0.39, 0.29) is 0 Å². The first-order chi connectivity index (χ1) is 6.40. The summed E-state index contributed by atoms with van der Waals surface area (Å²) in [4.78, 5) is 0. The molecule has 0 bridgehead atoms. The highest BCUT2D eigenvalue weighted by Crippen LogP contribution is 2.30. The average Bonchev–Trinajstić information content (AvgIpc) is 2.67. The van der Waals surface area contributed by atoms with Crippen LogP contribution in [0.2, 0.25) is 0 Å². The van der Waals surface area contributed by atoms with Crippen molar-refractivity contribution in [2.75, 3.05) is 12.8 Å². The summed E-state index contributed by atoms with van der Waals surface area (Å²) < 4.78 is 2.29. The maximum absolute atomic E-state index is 3.61. The van der Waals surface area contributed by atoms with Crippen LogP contribution in [0.4, 0.5) is 0 Å². The Morgan fingerprint density at radius 1 is 1.15 bits per heavy atom. The van der Waals surface area contributed by atoms with E-state index in [0.29, 0.717) is 0 Å². The molecule has 1 aliphatic carbocycles. The van der Waals surface area contributed by atoms with Crippen LogP contribution in [-0.4, -0.2) is 23.3 Å². The summed E-state index contributed by atoms with van der Waals surface area (Å²) in [5.41, 5.74) is 3.61. The van der Waals surface area contributed by atoms with Crippen LogP contribution < -0.4 is 5.43 Å². The molecule has 0 radical (unpaired) electrons. The summed E-state index contributed by atoms with van der Waals surface area (Å²) in [7, 11) is 0. The van der Waals surface area contributed by atoms with E-state index in [1.54, 1.807) is 0 Å². The Morgan fingerprint density at radius 2 is 1.92 bits per heavy atom. The second kappa shape index (κ2) is 4.67. The van der Waals surface area contributed by atoms with E-state index in [4.69, 9.17) is 0 Å². The largest absolute Gasteiger partial charge is 0.242 e. The third kappa shape index (κ3) is 2.39. The topological polar surface area (TPSA) is 15.3 Å². The van der Waals surface area contributed by atoms with Gasteiger partial charge in [0.1, 0.15) is 0 Å². The van der Waals surface area contributed by atoms with Crippen molar-refractivity contribution in [1.82, 2.24) is 9.84 Å². The maximum atomic E-state index is 3.61. The molecular weight excluding hydrogens is 180 g/mol. The van der Waals surface area contributed by atoms with Gasteiger partial charge in [0.15, 0.2) is 0 Å². The van der Waals surface area contributed by atoms with Crippen LogP contribution in [0.15, 0.2) is 0 Å². The number of hydrogen-bond donors (Lipinski definition) is 1. The molecule has 2 fully saturated rings. The van der Waals surface area contributed by atoms with Crippen LogP contribution in [-0.2, 0) is 0 Å². The number of hydrazine groups is 1. The number of nitrogens with zero attached hydrogens (tertiary/aromatic N) is 1. The van der Waals surface area contributed by atoms with E-state index >= 15 is 0 Å². The Labute approximate surface area is 85.6 Å². The van der Waals surface area contributed by atoms with E-state index < -0.39 is 0 Å². The van der Waals surface area contributed by atoms with Gasteiger partial charge in [0.2, 0.25) is 0 Å². The van der Waals surface area contributed by atoms with Crippen molar-refractivity contribution in [3.8, 4) is 0 Å². The van der Waals surface area contributed by atoms with Crippen molar-refractivity contribution in [2.45, 2.75) is 44.6 Å². The van der Waals surface area contributed by atoms with E-state index in [1.807, 2.05) is 11.9 Å². The molecule has 2 nitrogen and oxygen atoms in total. The molecule has 0 spiro atoms. The summed E-state index contributed by atoms with van der Waals surface area (Å²) in [6.45, 7) is 1.22. The third-order valence-electron chi connectivity index (χ3n) is 3.39. The fourth-order valence-corrected chi connectivity index (χ4v) is 3.12. The van der Waals surface area contributed by atoms with Crippen LogP contribution in [0.3, 0.4) is 0 Å². The van der Waals surface area contributed by atoms with Gasteiger partial charge in [0.05, 0.1) is 0 Å². The molecule has 13 heavy (non-hydrogen) atoms. The highest BCUT2D eigenvalue weighted by Gasteiger charge is 2.29. The molecule has 1 saturated carbocycles. The first kappa shape index (κ1) is 9.81. The normalized spacial score (nSPS) is 32.5. The van der Waals surface area contributed by atoms with Crippen molar-refractivity contribution in [3.05, 3.63) is 0 Å². The molecule has 2 rings (SSSR count). The fourth-order valence-electron chi connectivity index (χ4n) is 2.59. The highest BCUT2D eigenvalue weighted by molar-refractivity contribution is 7.96. The number of rotatable bonds is 2. The molecule has 1 heterocycles. The van der Waals surface area contributed by atoms with Crippen LogP contribution in [0.25, 0.3) is 0 Å². The van der Waals surface area contributed by atoms with Gasteiger partial charge >= 0.3 is 0 Å². The predicted octanol–water partition coefficient (Wildman–Crippen LogP) is 2.42. The molecule has 0 aromatic carbocycles. The fraction of sp³-hybridized carbons (Fsp3) is 1.00. The zero-order chi connectivity index (χ0) is 9.10. The Hall–Kier alpha value is 0.270. The Kier molecular flexibility index (Phi) is 3.52. The Morgan fingerprint density at radius 3 is 2.54 bits per heavy atom. The number of nitrogens with one attached hydrogen (secondary N) is 1. The van der Waals surface area contributed by atoms with E-state index in [1.165, 1.54) is 45.1 Å². The zero-order valence-corrected chi connectivity index (χ0v) is 9.28. The van der Waals surface area contributed by atoms with Gasteiger partial charge in [0.25, 0.3) is 0 Å². The predicted molar refractivity (Wildman–Crippen MR) is 58.3 cm³/mol. The van der Waals surface area contributed by atoms with Crippen molar-refractivity contribution in [1.29, 1.82) is 0 Å². The highest BCUT2D eigenvalue weighted by atomic mass is 32.2. The second-order valence-corrected chi connectivity index (χ2v) is 5.01. The smallest absolute Gasteiger partial charge is 0.0265 e. The molecule has 76 valence electrons. The van der Waals surface area contributed by atoms with Crippen molar-refractivity contribution < 1.29 is 0 Å². The van der Waals surface area contributed by atoms with Gasteiger partial charge in [-0.15, -0.1) is 0 Å². The molecule has 0 aromatic heterocycles. The number of hydrogen-bond acceptors (Lipinski definition) is 3. The van der Waals surface area contributed by atoms with Gasteiger partial charge < -0.3 is 0 Å². The van der Waals surface area contributed by atoms with E-state index in [0.717, 1.165) is 12.0 Å². The van der Waals surface area contributed by atoms with Gasteiger partial charge in [-0.3, -0.25) is 0 Å².